The predicted molar refractivity (Wildman–Crippen MR) is 103 cm³/mol. The fraction of sp³-hybridized carbons (Fsp3) is 0.333. The van der Waals surface area contributed by atoms with Gasteiger partial charge in [0.15, 0.2) is 0 Å². The second kappa shape index (κ2) is 8.12. The second-order valence-electron chi connectivity index (χ2n) is 6.46. The van der Waals surface area contributed by atoms with Gasteiger partial charge in [-0.25, -0.2) is 0 Å². The summed E-state index contributed by atoms with van der Waals surface area (Å²) in [7, 11) is 3.21. The Hall–Kier alpha value is -3.02. The predicted octanol–water partition coefficient (Wildman–Crippen LogP) is 2.34. The Bertz CT molecular complexity index is 850. The number of methoxy groups -OCH3 is 2. The van der Waals surface area contributed by atoms with Crippen LogP contribution < -0.4 is 19.7 Å². The third-order valence-corrected chi connectivity index (χ3v) is 4.81. The SMILES string of the molecule is COc1ccc(CCNC(=O)[C@H]2Cc3ccccc3N2C(C)=O)c(OC)c1. The summed E-state index contributed by atoms with van der Waals surface area (Å²) in [4.78, 5) is 26.4. The lowest BCUT2D eigenvalue weighted by molar-refractivity contribution is -0.125. The molecule has 0 aromatic heterocycles. The zero-order chi connectivity index (χ0) is 19.4. The monoisotopic (exact) mass is 368 g/mol. The first-order chi connectivity index (χ1) is 13.0. The van der Waals surface area contributed by atoms with Gasteiger partial charge in [-0.1, -0.05) is 24.3 Å². The van der Waals surface area contributed by atoms with Gasteiger partial charge in [-0.3, -0.25) is 14.5 Å². The van der Waals surface area contributed by atoms with Crippen molar-refractivity contribution in [1.82, 2.24) is 5.32 Å². The number of fused-ring (bicyclic) bond motifs is 1. The minimum Gasteiger partial charge on any atom is -0.497 e. The lowest BCUT2D eigenvalue weighted by Gasteiger charge is -2.23. The Morgan fingerprint density at radius 2 is 1.93 bits per heavy atom. The van der Waals surface area contributed by atoms with Crippen LogP contribution in [0.2, 0.25) is 0 Å². The van der Waals surface area contributed by atoms with Crippen LogP contribution in [0.4, 0.5) is 5.69 Å². The molecular weight excluding hydrogens is 344 g/mol. The summed E-state index contributed by atoms with van der Waals surface area (Å²) >= 11 is 0. The van der Waals surface area contributed by atoms with Crippen molar-refractivity contribution in [3.8, 4) is 11.5 Å². The molecule has 1 N–H and O–H groups in total. The van der Waals surface area contributed by atoms with Gasteiger partial charge in [0, 0.05) is 31.6 Å². The summed E-state index contributed by atoms with van der Waals surface area (Å²) in [5.74, 6) is 1.17. The minimum atomic E-state index is -0.502. The summed E-state index contributed by atoms with van der Waals surface area (Å²) in [5, 5.41) is 2.95. The van der Waals surface area contributed by atoms with Gasteiger partial charge in [0.25, 0.3) is 0 Å². The lowest BCUT2D eigenvalue weighted by atomic mass is 10.1. The second-order valence-corrected chi connectivity index (χ2v) is 6.46. The van der Waals surface area contributed by atoms with Crippen LogP contribution in [0.15, 0.2) is 42.5 Å². The van der Waals surface area contributed by atoms with E-state index in [0.717, 1.165) is 28.3 Å². The van der Waals surface area contributed by atoms with Gasteiger partial charge >= 0.3 is 0 Å². The maximum Gasteiger partial charge on any atom is 0.243 e. The van der Waals surface area contributed by atoms with E-state index in [-0.39, 0.29) is 11.8 Å². The van der Waals surface area contributed by atoms with Gasteiger partial charge in [0.2, 0.25) is 11.8 Å². The number of rotatable bonds is 6. The molecule has 2 aromatic carbocycles. The van der Waals surface area contributed by atoms with Crippen LogP contribution in [0.5, 0.6) is 11.5 Å². The Balaban J connectivity index is 1.64. The molecule has 0 saturated carbocycles. The summed E-state index contributed by atoms with van der Waals surface area (Å²) in [6.45, 7) is 1.95. The van der Waals surface area contributed by atoms with Crippen LogP contribution >= 0.6 is 0 Å². The molecule has 2 aromatic rings. The number of carbonyl (C=O) groups is 2. The van der Waals surface area contributed by atoms with Crippen molar-refractivity contribution < 1.29 is 19.1 Å². The molecule has 1 atom stereocenters. The van der Waals surface area contributed by atoms with Crippen molar-refractivity contribution in [3.63, 3.8) is 0 Å². The van der Waals surface area contributed by atoms with Crippen LogP contribution in [0.1, 0.15) is 18.1 Å². The number of nitrogens with one attached hydrogen (secondary N) is 1. The van der Waals surface area contributed by atoms with Gasteiger partial charge < -0.3 is 14.8 Å². The van der Waals surface area contributed by atoms with E-state index in [0.29, 0.717) is 19.4 Å². The Morgan fingerprint density at radius 3 is 2.63 bits per heavy atom. The van der Waals surface area contributed by atoms with Crippen LogP contribution in [0.3, 0.4) is 0 Å². The normalized spacial score (nSPS) is 15.2. The minimum absolute atomic E-state index is 0.128. The quantitative estimate of drug-likeness (QED) is 0.850. The average molecular weight is 368 g/mol. The molecule has 2 amide bonds. The fourth-order valence-electron chi connectivity index (χ4n) is 3.48. The van der Waals surface area contributed by atoms with E-state index in [9.17, 15) is 9.59 Å². The number of para-hydroxylation sites is 1. The molecule has 142 valence electrons. The van der Waals surface area contributed by atoms with Gasteiger partial charge in [0.1, 0.15) is 17.5 Å². The van der Waals surface area contributed by atoms with E-state index in [4.69, 9.17) is 9.47 Å². The maximum atomic E-state index is 12.7. The Kier molecular flexibility index (Phi) is 5.64. The molecule has 1 heterocycles. The zero-order valence-electron chi connectivity index (χ0n) is 15.8. The largest absolute Gasteiger partial charge is 0.497 e. The first kappa shape index (κ1) is 18.8. The third-order valence-electron chi connectivity index (χ3n) is 4.81. The Labute approximate surface area is 159 Å². The molecular formula is C21H24N2O4. The van der Waals surface area contributed by atoms with Crippen molar-refractivity contribution in [1.29, 1.82) is 0 Å². The number of carbonyl (C=O) groups excluding carboxylic acids is 2. The van der Waals surface area contributed by atoms with Gasteiger partial charge in [-0.2, -0.15) is 0 Å². The number of anilines is 1. The van der Waals surface area contributed by atoms with E-state index in [1.807, 2.05) is 42.5 Å². The number of hydrogen-bond donors (Lipinski definition) is 1. The van der Waals surface area contributed by atoms with Crippen molar-refractivity contribution in [2.75, 3.05) is 25.7 Å². The molecule has 1 aliphatic rings. The average Bonchev–Trinajstić information content (AvgIpc) is 3.08. The maximum absolute atomic E-state index is 12.7. The molecule has 1 aliphatic heterocycles. The molecule has 0 aliphatic carbocycles. The number of ether oxygens (including phenoxy) is 2. The first-order valence-corrected chi connectivity index (χ1v) is 8.91. The van der Waals surface area contributed by atoms with Crippen LogP contribution in [0, 0.1) is 0 Å². The number of amides is 2. The standard InChI is InChI=1S/C21H24N2O4/c1-14(24)23-18-7-5-4-6-16(18)12-19(23)21(25)22-11-10-15-8-9-17(26-2)13-20(15)27-3/h4-9,13,19H,10-12H2,1-3H3,(H,22,25)/t19-/m1/s1. The van der Waals surface area contributed by atoms with E-state index in [1.165, 1.54) is 6.92 Å². The molecule has 6 heteroatoms. The topological polar surface area (TPSA) is 67.9 Å². The molecule has 0 unspecified atom stereocenters. The highest BCUT2D eigenvalue weighted by Gasteiger charge is 2.36. The highest BCUT2D eigenvalue weighted by molar-refractivity contribution is 6.02. The van der Waals surface area contributed by atoms with Crippen LogP contribution in [-0.4, -0.2) is 38.6 Å². The highest BCUT2D eigenvalue weighted by Crippen LogP contribution is 2.32. The molecule has 0 fully saturated rings. The summed E-state index contributed by atoms with van der Waals surface area (Å²) in [6.07, 6.45) is 1.16. The summed E-state index contributed by atoms with van der Waals surface area (Å²) in [6, 6.07) is 12.8. The van der Waals surface area contributed by atoms with Crippen molar-refractivity contribution in [2.45, 2.75) is 25.8 Å². The zero-order valence-corrected chi connectivity index (χ0v) is 15.8. The molecule has 27 heavy (non-hydrogen) atoms. The number of nitrogens with zero attached hydrogens (tertiary/aromatic N) is 1. The molecule has 0 radical (unpaired) electrons. The van der Waals surface area contributed by atoms with Crippen LogP contribution in [0.25, 0.3) is 0 Å². The highest BCUT2D eigenvalue weighted by atomic mass is 16.5. The van der Waals surface area contributed by atoms with Crippen molar-refractivity contribution in [2.24, 2.45) is 0 Å². The summed E-state index contributed by atoms with van der Waals surface area (Å²) < 4.78 is 10.6. The number of hydrogen-bond acceptors (Lipinski definition) is 4. The van der Waals surface area contributed by atoms with Gasteiger partial charge in [0.05, 0.1) is 14.2 Å². The molecule has 3 rings (SSSR count). The molecule has 0 spiro atoms. The fourth-order valence-corrected chi connectivity index (χ4v) is 3.48. The lowest BCUT2D eigenvalue weighted by Crippen LogP contribution is -2.47. The van der Waals surface area contributed by atoms with Gasteiger partial charge in [-0.05, 0) is 29.7 Å². The number of benzene rings is 2. The molecule has 0 saturated heterocycles. The van der Waals surface area contributed by atoms with Crippen molar-refractivity contribution >= 4 is 17.5 Å². The van der Waals surface area contributed by atoms with Gasteiger partial charge in [-0.15, -0.1) is 0 Å². The first-order valence-electron chi connectivity index (χ1n) is 8.91. The van der Waals surface area contributed by atoms with Crippen molar-refractivity contribution in [3.05, 3.63) is 53.6 Å². The molecule has 0 bridgehead atoms. The molecule has 6 nitrogen and oxygen atoms in total. The smallest absolute Gasteiger partial charge is 0.243 e. The van der Waals surface area contributed by atoms with E-state index in [1.54, 1.807) is 19.1 Å². The third kappa shape index (κ3) is 3.89. The van der Waals surface area contributed by atoms with Crippen LogP contribution in [-0.2, 0) is 22.4 Å². The van der Waals surface area contributed by atoms with E-state index >= 15 is 0 Å². The Morgan fingerprint density at radius 1 is 1.15 bits per heavy atom. The summed E-state index contributed by atoms with van der Waals surface area (Å²) in [5.41, 5.74) is 2.82. The van der Waals surface area contributed by atoms with E-state index in [2.05, 4.69) is 5.32 Å². The van der Waals surface area contributed by atoms with E-state index < -0.39 is 6.04 Å².